The van der Waals surface area contributed by atoms with Crippen LogP contribution < -0.4 is 19.8 Å². The minimum Gasteiger partial charge on any atom is -0.493 e. The van der Waals surface area contributed by atoms with Gasteiger partial charge in [0.25, 0.3) is 0 Å². The van der Waals surface area contributed by atoms with Crippen LogP contribution in [0.25, 0.3) is 11.0 Å². The third kappa shape index (κ3) is 3.40. The number of benzene rings is 2. The molecule has 0 saturated carbocycles. The molecule has 0 fully saturated rings. The highest BCUT2D eigenvalue weighted by Gasteiger charge is 2.34. The highest BCUT2D eigenvalue weighted by Crippen LogP contribution is 2.42. The maximum Gasteiger partial charge on any atom is 0.343 e. The molecular formula is C21H16O8. The van der Waals surface area contributed by atoms with Gasteiger partial charge in [-0.05, 0) is 29.8 Å². The lowest BCUT2D eigenvalue weighted by molar-refractivity contribution is -0.139. The molecule has 1 N–H and O–H groups in total. The van der Waals surface area contributed by atoms with Crippen LogP contribution in [-0.2, 0) is 9.59 Å². The maximum absolute atomic E-state index is 12.7. The van der Waals surface area contributed by atoms with E-state index < -0.39 is 30.1 Å². The smallest absolute Gasteiger partial charge is 0.343 e. The van der Waals surface area contributed by atoms with Gasteiger partial charge in [0.15, 0.2) is 23.9 Å². The van der Waals surface area contributed by atoms with E-state index >= 15 is 0 Å². The van der Waals surface area contributed by atoms with Gasteiger partial charge < -0.3 is 23.7 Å². The molecule has 8 heteroatoms. The number of esters is 1. The zero-order valence-corrected chi connectivity index (χ0v) is 15.3. The first kappa shape index (κ1) is 18.5. The molecule has 0 bridgehead atoms. The Bertz CT molecular complexity index is 1180. The molecule has 0 amide bonds. The Morgan fingerprint density at radius 3 is 2.72 bits per heavy atom. The average Bonchev–Trinajstić information content (AvgIpc) is 2.71. The lowest BCUT2D eigenvalue weighted by atomic mass is 9.86. The highest BCUT2D eigenvalue weighted by molar-refractivity contribution is 5.90. The number of carboxylic acid groups (broad SMARTS) is 1. The highest BCUT2D eigenvalue weighted by atomic mass is 16.5. The van der Waals surface area contributed by atoms with E-state index in [9.17, 15) is 14.4 Å². The summed E-state index contributed by atoms with van der Waals surface area (Å²) >= 11 is 0. The molecule has 1 atom stereocenters. The van der Waals surface area contributed by atoms with Crippen molar-refractivity contribution in [2.45, 2.75) is 12.3 Å². The predicted octanol–water partition coefficient (Wildman–Crippen LogP) is 2.71. The second kappa shape index (κ2) is 7.31. The van der Waals surface area contributed by atoms with Gasteiger partial charge in [0.2, 0.25) is 0 Å². The lowest BCUT2D eigenvalue weighted by Gasteiger charge is -2.25. The van der Waals surface area contributed by atoms with Crippen LogP contribution in [0.3, 0.4) is 0 Å². The molecule has 1 aliphatic rings. The molecule has 0 aliphatic carbocycles. The minimum atomic E-state index is -1.12. The zero-order chi connectivity index (χ0) is 20.5. The summed E-state index contributed by atoms with van der Waals surface area (Å²) in [6.45, 7) is -0.524. The van der Waals surface area contributed by atoms with Crippen LogP contribution in [0, 0.1) is 0 Å². The van der Waals surface area contributed by atoms with E-state index in [1.54, 1.807) is 42.5 Å². The zero-order valence-electron chi connectivity index (χ0n) is 15.3. The normalized spacial score (nSPS) is 15.5. The summed E-state index contributed by atoms with van der Waals surface area (Å²) in [5.41, 5.74) is 0.621. The van der Waals surface area contributed by atoms with Gasteiger partial charge in [0.1, 0.15) is 5.58 Å². The van der Waals surface area contributed by atoms with Gasteiger partial charge in [0.05, 0.1) is 24.5 Å². The molecule has 2 heterocycles. The minimum absolute atomic E-state index is 0.0470. The number of aliphatic carboxylic acids is 1. The van der Waals surface area contributed by atoms with E-state index in [2.05, 4.69) is 0 Å². The number of carbonyl (C=O) groups excluding carboxylic acids is 1. The Morgan fingerprint density at radius 1 is 1.17 bits per heavy atom. The van der Waals surface area contributed by atoms with Gasteiger partial charge >= 0.3 is 17.6 Å². The van der Waals surface area contributed by atoms with Gasteiger partial charge in [-0.15, -0.1) is 0 Å². The van der Waals surface area contributed by atoms with Crippen LogP contribution in [0.4, 0.5) is 0 Å². The quantitative estimate of drug-likeness (QED) is 0.517. The molecule has 0 spiro atoms. The van der Waals surface area contributed by atoms with Crippen molar-refractivity contribution in [2.24, 2.45) is 0 Å². The van der Waals surface area contributed by atoms with Crippen LogP contribution in [-0.4, -0.2) is 30.8 Å². The fraction of sp³-hybridized carbons (Fsp3) is 0.190. The first-order valence-corrected chi connectivity index (χ1v) is 8.77. The molecule has 1 aromatic heterocycles. The fourth-order valence-electron chi connectivity index (χ4n) is 3.41. The summed E-state index contributed by atoms with van der Waals surface area (Å²) in [4.78, 5) is 35.7. The first-order chi connectivity index (χ1) is 14.0. The van der Waals surface area contributed by atoms with Gasteiger partial charge in [-0.3, -0.25) is 4.79 Å². The number of fused-ring (bicyclic) bond motifs is 3. The molecular weight excluding hydrogens is 380 g/mol. The van der Waals surface area contributed by atoms with Gasteiger partial charge in [-0.1, -0.05) is 18.2 Å². The molecule has 1 aliphatic heterocycles. The Kier molecular flexibility index (Phi) is 4.67. The first-order valence-electron chi connectivity index (χ1n) is 8.77. The summed E-state index contributed by atoms with van der Waals surface area (Å²) < 4.78 is 21.3. The van der Waals surface area contributed by atoms with E-state index in [1.807, 2.05) is 0 Å². The average molecular weight is 396 g/mol. The van der Waals surface area contributed by atoms with Crippen molar-refractivity contribution in [3.05, 3.63) is 64.0 Å². The summed E-state index contributed by atoms with van der Waals surface area (Å²) in [6, 6.07) is 11.6. The van der Waals surface area contributed by atoms with Crippen molar-refractivity contribution in [3.63, 3.8) is 0 Å². The summed E-state index contributed by atoms with van der Waals surface area (Å²) in [7, 11) is 1.41. The van der Waals surface area contributed by atoms with E-state index in [-0.39, 0.29) is 29.2 Å². The number of methoxy groups -OCH3 is 1. The molecule has 0 radical (unpaired) electrons. The van der Waals surface area contributed by atoms with Gasteiger partial charge in [-0.2, -0.15) is 0 Å². The van der Waals surface area contributed by atoms with Crippen LogP contribution in [0.15, 0.2) is 51.7 Å². The summed E-state index contributed by atoms with van der Waals surface area (Å²) in [6.07, 6.45) is -0.0470. The molecule has 8 nitrogen and oxygen atoms in total. The molecule has 3 aromatic rings. The third-order valence-electron chi connectivity index (χ3n) is 4.68. The van der Waals surface area contributed by atoms with Crippen molar-refractivity contribution in [1.29, 1.82) is 0 Å². The molecule has 148 valence electrons. The Balaban J connectivity index is 1.83. The molecule has 29 heavy (non-hydrogen) atoms. The van der Waals surface area contributed by atoms with E-state index in [4.69, 9.17) is 23.7 Å². The van der Waals surface area contributed by atoms with Gasteiger partial charge in [0, 0.05) is 5.92 Å². The largest absolute Gasteiger partial charge is 0.493 e. The standard InChI is InChI=1S/C21H16O8/c1-26-16-8-11(6-7-15(16)27-10-17(22)23)13-9-18(24)29-20-12-4-2-3-5-14(12)28-21(25)19(13)20/h2-8,13H,9-10H2,1H3,(H,22,23). The molecule has 1 unspecified atom stereocenters. The van der Waals surface area contributed by atoms with E-state index in [1.165, 1.54) is 7.11 Å². The van der Waals surface area contributed by atoms with Crippen molar-refractivity contribution >= 4 is 22.9 Å². The summed E-state index contributed by atoms with van der Waals surface area (Å²) in [5, 5.41) is 9.33. The fourth-order valence-corrected chi connectivity index (χ4v) is 3.41. The Labute approximate surface area is 164 Å². The maximum atomic E-state index is 12.7. The lowest BCUT2D eigenvalue weighted by Crippen LogP contribution is -2.26. The SMILES string of the molecule is COc1cc(C2CC(=O)Oc3c2c(=O)oc2ccccc32)ccc1OCC(=O)O. The van der Waals surface area contributed by atoms with Crippen molar-refractivity contribution in [1.82, 2.24) is 0 Å². The topological polar surface area (TPSA) is 112 Å². The van der Waals surface area contributed by atoms with E-state index in [0.29, 0.717) is 16.5 Å². The number of rotatable bonds is 5. The third-order valence-corrected chi connectivity index (χ3v) is 4.68. The summed E-state index contributed by atoms with van der Waals surface area (Å²) in [5.74, 6) is -1.47. The van der Waals surface area contributed by atoms with Crippen molar-refractivity contribution < 1.29 is 33.3 Å². The van der Waals surface area contributed by atoms with Crippen LogP contribution in [0.2, 0.25) is 0 Å². The number of para-hydroxylation sites is 1. The number of ether oxygens (including phenoxy) is 3. The van der Waals surface area contributed by atoms with Crippen molar-refractivity contribution in [3.8, 4) is 17.2 Å². The molecule has 4 rings (SSSR count). The molecule has 2 aromatic carbocycles. The second-order valence-corrected chi connectivity index (χ2v) is 6.45. The Morgan fingerprint density at radius 2 is 1.97 bits per heavy atom. The molecule has 0 saturated heterocycles. The second-order valence-electron chi connectivity index (χ2n) is 6.45. The number of carbonyl (C=O) groups is 2. The van der Waals surface area contributed by atoms with Crippen molar-refractivity contribution in [2.75, 3.05) is 13.7 Å². The number of hydrogen-bond acceptors (Lipinski definition) is 7. The predicted molar refractivity (Wildman–Crippen MR) is 101 cm³/mol. The Hall–Kier alpha value is -3.81. The number of hydrogen-bond donors (Lipinski definition) is 1. The van der Waals surface area contributed by atoms with Crippen LogP contribution in [0.5, 0.6) is 17.2 Å². The van der Waals surface area contributed by atoms with Crippen LogP contribution in [0.1, 0.15) is 23.5 Å². The monoisotopic (exact) mass is 396 g/mol. The number of carboxylic acids is 1. The van der Waals surface area contributed by atoms with Crippen LogP contribution >= 0.6 is 0 Å². The van der Waals surface area contributed by atoms with Gasteiger partial charge in [-0.25, -0.2) is 9.59 Å². The van der Waals surface area contributed by atoms with E-state index in [0.717, 1.165) is 0 Å².